The lowest BCUT2D eigenvalue weighted by Crippen LogP contribution is -2.18. The number of ether oxygens (including phenoxy) is 2. The largest absolute Gasteiger partial charge is 0.481 e. The van der Waals surface area contributed by atoms with Crippen molar-refractivity contribution in [3.63, 3.8) is 0 Å². The highest BCUT2D eigenvalue weighted by atomic mass is 16.5. The first kappa shape index (κ1) is 15.3. The molecule has 21 heavy (non-hydrogen) atoms. The molecule has 0 amide bonds. The fourth-order valence-corrected chi connectivity index (χ4v) is 1.79. The molecule has 0 saturated carbocycles. The van der Waals surface area contributed by atoms with Gasteiger partial charge in [0.1, 0.15) is 5.82 Å². The van der Waals surface area contributed by atoms with Gasteiger partial charge < -0.3 is 14.8 Å². The normalized spacial score (nSPS) is 10.6. The fraction of sp³-hybridized carbons (Fsp3) is 0.400. The van der Waals surface area contributed by atoms with E-state index in [0.717, 1.165) is 30.0 Å². The summed E-state index contributed by atoms with van der Waals surface area (Å²) in [6.07, 6.45) is 6.13. The summed E-state index contributed by atoms with van der Waals surface area (Å²) in [6.45, 7) is 2.26. The molecule has 0 radical (unpaired) electrons. The van der Waals surface area contributed by atoms with Crippen molar-refractivity contribution >= 4 is 0 Å². The van der Waals surface area contributed by atoms with Gasteiger partial charge in [-0.05, 0) is 5.56 Å². The van der Waals surface area contributed by atoms with E-state index < -0.39 is 0 Å². The highest BCUT2D eigenvalue weighted by Crippen LogP contribution is 2.09. The number of methoxy groups -OCH3 is 2. The summed E-state index contributed by atoms with van der Waals surface area (Å²) in [5.41, 5.74) is 2.12. The minimum atomic E-state index is 0.608. The van der Waals surface area contributed by atoms with Crippen LogP contribution in [0.5, 0.6) is 5.88 Å². The van der Waals surface area contributed by atoms with E-state index in [0.29, 0.717) is 18.9 Å². The molecule has 112 valence electrons. The molecule has 6 nitrogen and oxygen atoms in total. The van der Waals surface area contributed by atoms with Crippen molar-refractivity contribution < 1.29 is 9.47 Å². The van der Waals surface area contributed by atoms with Gasteiger partial charge in [0, 0.05) is 56.8 Å². The van der Waals surface area contributed by atoms with Crippen molar-refractivity contribution in [1.29, 1.82) is 0 Å². The molecular weight excluding hydrogens is 268 g/mol. The van der Waals surface area contributed by atoms with Crippen LogP contribution in [-0.2, 0) is 17.7 Å². The van der Waals surface area contributed by atoms with Gasteiger partial charge in [-0.25, -0.2) is 15.0 Å². The van der Waals surface area contributed by atoms with Gasteiger partial charge in [-0.2, -0.15) is 0 Å². The van der Waals surface area contributed by atoms with Crippen molar-refractivity contribution in [2.45, 2.75) is 13.0 Å². The van der Waals surface area contributed by atoms with Gasteiger partial charge in [-0.15, -0.1) is 0 Å². The average molecular weight is 288 g/mol. The standard InChI is InChI=1S/C15H20N4O2/c1-20-6-5-16-8-13-10-17-14(18-11-13)7-12-3-4-15(21-2)19-9-12/h3-4,9-11,16H,5-8H2,1-2H3. The van der Waals surface area contributed by atoms with Crippen molar-refractivity contribution in [1.82, 2.24) is 20.3 Å². The second-order valence-corrected chi connectivity index (χ2v) is 4.56. The Hall–Kier alpha value is -2.05. The summed E-state index contributed by atoms with van der Waals surface area (Å²) in [7, 11) is 3.29. The molecule has 0 saturated heterocycles. The third kappa shape index (κ3) is 5.09. The zero-order chi connectivity index (χ0) is 14.9. The summed E-state index contributed by atoms with van der Waals surface area (Å²) in [4.78, 5) is 12.9. The first-order chi connectivity index (χ1) is 10.3. The molecular formula is C15H20N4O2. The Balaban J connectivity index is 1.86. The number of rotatable bonds is 8. The highest BCUT2D eigenvalue weighted by Gasteiger charge is 2.01. The maximum absolute atomic E-state index is 5.03. The van der Waals surface area contributed by atoms with E-state index in [-0.39, 0.29) is 0 Å². The lowest BCUT2D eigenvalue weighted by molar-refractivity contribution is 0.199. The monoisotopic (exact) mass is 288 g/mol. The third-order valence-corrected chi connectivity index (χ3v) is 2.94. The molecule has 6 heteroatoms. The van der Waals surface area contributed by atoms with Crippen molar-refractivity contribution in [2.24, 2.45) is 0 Å². The van der Waals surface area contributed by atoms with Gasteiger partial charge in [0.2, 0.25) is 5.88 Å². The lowest BCUT2D eigenvalue weighted by Gasteiger charge is -2.05. The Morgan fingerprint density at radius 3 is 2.38 bits per heavy atom. The highest BCUT2D eigenvalue weighted by molar-refractivity contribution is 5.21. The first-order valence-corrected chi connectivity index (χ1v) is 6.80. The average Bonchev–Trinajstić information content (AvgIpc) is 2.54. The lowest BCUT2D eigenvalue weighted by atomic mass is 10.2. The van der Waals surface area contributed by atoms with Gasteiger partial charge in [0.05, 0.1) is 13.7 Å². The van der Waals surface area contributed by atoms with Crippen LogP contribution in [0.1, 0.15) is 17.0 Å². The molecule has 0 spiro atoms. The van der Waals surface area contributed by atoms with E-state index in [1.165, 1.54) is 0 Å². The molecule has 2 aromatic heterocycles. The Morgan fingerprint density at radius 1 is 1.00 bits per heavy atom. The van der Waals surface area contributed by atoms with E-state index in [4.69, 9.17) is 9.47 Å². The number of aromatic nitrogens is 3. The number of hydrogen-bond donors (Lipinski definition) is 1. The number of hydrogen-bond acceptors (Lipinski definition) is 6. The molecule has 2 heterocycles. The molecule has 0 aliphatic carbocycles. The zero-order valence-corrected chi connectivity index (χ0v) is 12.4. The Labute approximate surface area is 124 Å². The van der Waals surface area contributed by atoms with Crippen LogP contribution in [0.15, 0.2) is 30.7 Å². The summed E-state index contributed by atoms with van der Waals surface area (Å²) in [5.74, 6) is 1.39. The molecule has 0 aromatic carbocycles. The summed E-state index contributed by atoms with van der Waals surface area (Å²) in [6, 6.07) is 3.80. The second kappa shape index (κ2) is 8.28. The van der Waals surface area contributed by atoms with E-state index in [9.17, 15) is 0 Å². The maximum Gasteiger partial charge on any atom is 0.212 e. The van der Waals surface area contributed by atoms with Crippen molar-refractivity contribution in [3.8, 4) is 5.88 Å². The summed E-state index contributed by atoms with van der Waals surface area (Å²) >= 11 is 0. The predicted molar refractivity (Wildman–Crippen MR) is 79.2 cm³/mol. The summed E-state index contributed by atoms with van der Waals surface area (Å²) < 4.78 is 10.0. The Kier molecular flexibility index (Phi) is 6.05. The summed E-state index contributed by atoms with van der Waals surface area (Å²) in [5, 5.41) is 3.26. The quantitative estimate of drug-likeness (QED) is 0.736. The SMILES string of the molecule is COCCNCc1cnc(Cc2ccc(OC)nc2)nc1. The molecule has 2 aromatic rings. The van der Waals surface area contributed by atoms with E-state index in [2.05, 4.69) is 20.3 Å². The van der Waals surface area contributed by atoms with Gasteiger partial charge in [0.25, 0.3) is 0 Å². The van der Waals surface area contributed by atoms with E-state index >= 15 is 0 Å². The van der Waals surface area contributed by atoms with Crippen LogP contribution >= 0.6 is 0 Å². The molecule has 0 fully saturated rings. The zero-order valence-electron chi connectivity index (χ0n) is 12.4. The molecule has 0 aliphatic rings. The van der Waals surface area contributed by atoms with Crippen LogP contribution in [-0.4, -0.2) is 42.3 Å². The van der Waals surface area contributed by atoms with Crippen LogP contribution < -0.4 is 10.1 Å². The van der Waals surface area contributed by atoms with Crippen molar-refractivity contribution in [2.75, 3.05) is 27.4 Å². The number of nitrogens with one attached hydrogen (secondary N) is 1. The van der Waals surface area contributed by atoms with Gasteiger partial charge in [0.15, 0.2) is 0 Å². The topological polar surface area (TPSA) is 69.2 Å². The fourth-order valence-electron chi connectivity index (χ4n) is 1.79. The van der Waals surface area contributed by atoms with Crippen LogP contribution in [0.25, 0.3) is 0 Å². The molecule has 0 aliphatic heterocycles. The second-order valence-electron chi connectivity index (χ2n) is 4.56. The molecule has 1 N–H and O–H groups in total. The number of nitrogens with zero attached hydrogens (tertiary/aromatic N) is 3. The molecule has 0 bridgehead atoms. The van der Waals surface area contributed by atoms with Crippen molar-refractivity contribution in [3.05, 3.63) is 47.7 Å². The maximum atomic E-state index is 5.03. The smallest absolute Gasteiger partial charge is 0.212 e. The van der Waals surface area contributed by atoms with Crippen LogP contribution in [0.2, 0.25) is 0 Å². The molecule has 0 unspecified atom stereocenters. The first-order valence-electron chi connectivity index (χ1n) is 6.80. The van der Waals surface area contributed by atoms with Gasteiger partial charge >= 0.3 is 0 Å². The van der Waals surface area contributed by atoms with Crippen LogP contribution in [0, 0.1) is 0 Å². The van der Waals surface area contributed by atoms with E-state index in [1.54, 1.807) is 20.4 Å². The van der Waals surface area contributed by atoms with Crippen LogP contribution in [0.4, 0.5) is 0 Å². The minimum absolute atomic E-state index is 0.608. The predicted octanol–water partition coefficient (Wildman–Crippen LogP) is 1.21. The van der Waals surface area contributed by atoms with Gasteiger partial charge in [-0.3, -0.25) is 0 Å². The van der Waals surface area contributed by atoms with E-state index in [1.807, 2.05) is 24.5 Å². The van der Waals surface area contributed by atoms with Crippen LogP contribution in [0.3, 0.4) is 0 Å². The van der Waals surface area contributed by atoms with Gasteiger partial charge in [-0.1, -0.05) is 6.07 Å². The minimum Gasteiger partial charge on any atom is -0.481 e. The Bertz CT molecular complexity index is 528. The molecule has 2 rings (SSSR count). The molecule has 0 atom stereocenters. The Morgan fingerprint density at radius 2 is 1.76 bits per heavy atom. The number of pyridine rings is 1. The third-order valence-electron chi connectivity index (χ3n) is 2.94.